The molecule has 1 aliphatic carbocycles. The van der Waals surface area contributed by atoms with Crippen molar-refractivity contribution in [1.82, 2.24) is 10.2 Å². The van der Waals surface area contributed by atoms with Crippen LogP contribution in [0.25, 0.3) is 0 Å². The fourth-order valence-electron chi connectivity index (χ4n) is 3.00. The van der Waals surface area contributed by atoms with Gasteiger partial charge < -0.3 is 10.2 Å². The number of hydrogen-bond acceptors (Lipinski definition) is 2. The number of likely N-dealkylation sites (tertiary alicyclic amines) is 1. The fourth-order valence-corrected chi connectivity index (χ4v) is 3.00. The molecule has 1 heterocycles. The molecule has 0 radical (unpaired) electrons. The van der Waals surface area contributed by atoms with E-state index >= 15 is 0 Å². The van der Waals surface area contributed by atoms with Crippen LogP contribution < -0.4 is 5.32 Å². The molecule has 0 atom stereocenters. The van der Waals surface area contributed by atoms with Crippen LogP contribution in [0.5, 0.6) is 0 Å². The van der Waals surface area contributed by atoms with Crippen molar-refractivity contribution in [1.29, 1.82) is 0 Å². The molecule has 2 fully saturated rings. The predicted octanol–water partition coefficient (Wildman–Crippen LogP) is 1.39. The summed E-state index contributed by atoms with van der Waals surface area (Å²) in [7, 11) is 1.74. The highest BCUT2D eigenvalue weighted by molar-refractivity contribution is 5.78. The quantitative estimate of drug-likeness (QED) is 0.747. The lowest BCUT2D eigenvalue weighted by molar-refractivity contribution is -0.126. The molecule has 0 bridgehead atoms. The van der Waals surface area contributed by atoms with Crippen molar-refractivity contribution in [2.75, 3.05) is 20.1 Å². The maximum Gasteiger partial charge on any atom is 0.222 e. The number of nitrogens with zero attached hydrogens (tertiary/aromatic N) is 1. The highest BCUT2D eigenvalue weighted by Gasteiger charge is 2.29. The summed E-state index contributed by atoms with van der Waals surface area (Å²) in [6.45, 7) is 2.26. The van der Waals surface area contributed by atoms with Gasteiger partial charge in [-0.15, -0.1) is 0 Å². The summed E-state index contributed by atoms with van der Waals surface area (Å²) in [6.07, 6.45) is 7.67. The van der Waals surface area contributed by atoms with Crippen LogP contribution in [-0.4, -0.2) is 37.0 Å². The Bertz CT molecular complexity index is 216. The molecule has 0 spiro atoms. The number of carbonyl (C=O) groups excluding carboxylic acids is 1. The summed E-state index contributed by atoms with van der Waals surface area (Å²) in [5.41, 5.74) is 0. The van der Waals surface area contributed by atoms with Crippen molar-refractivity contribution >= 4 is 5.91 Å². The summed E-state index contributed by atoms with van der Waals surface area (Å²) in [5.74, 6) is 0.508. The van der Waals surface area contributed by atoms with E-state index in [4.69, 9.17) is 0 Å². The van der Waals surface area contributed by atoms with Crippen molar-refractivity contribution in [3.63, 3.8) is 0 Å². The first-order chi connectivity index (χ1) is 7.31. The molecule has 15 heavy (non-hydrogen) atoms. The molecule has 2 rings (SSSR count). The standard InChI is InChI=1S/C12H22N2O/c1-13-12(15)10-6-8-14(9-7-10)11-4-2-3-5-11/h10-11H,2-9H2,1H3,(H,13,15). The summed E-state index contributed by atoms with van der Waals surface area (Å²) in [5, 5.41) is 2.76. The molecule has 0 aromatic rings. The molecule has 0 aromatic heterocycles. The molecule has 86 valence electrons. The van der Waals surface area contributed by atoms with Crippen LogP contribution in [-0.2, 0) is 4.79 Å². The number of nitrogens with one attached hydrogen (secondary N) is 1. The van der Waals surface area contributed by atoms with Gasteiger partial charge in [0.1, 0.15) is 0 Å². The molecule has 1 saturated carbocycles. The second kappa shape index (κ2) is 4.97. The van der Waals surface area contributed by atoms with Crippen LogP contribution in [0.1, 0.15) is 38.5 Å². The van der Waals surface area contributed by atoms with E-state index in [0.717, 1.165) is 32.0 Å². The molecule has 1 saturated heterocycles. The molecule has 1 N–H and O–H groups in total. The Morgan fingerprint density at radius 1 is 1.13 bits per heavy atom. The van der Waals surface area contributed by atoms with Gasteiger partial charge in [0.2, 0.25) is 5.91 Å². The first-order valence-corrected chi connectivity index (χ1v) is 6.27. The second-order valence-electron chi connectivity index (χ2n) is 4.86. The minimum atomic E-state index is 0.237. The van der Waals surface area contributed by atoms with Crippen LogP contribution in [0, 0.1) is 5.92 Å². The van der Waals surface area contributed by atoms with Crippen molar-refractivity contribution in [3.8, 4) is 0 Å². The number of carbonyl (C=O) groups is 1. The Balaban J connectivity index is 1.78. The lowest BCUT2D eigenvalue weighted by Gasteiger charge is -2.35. The van der Waals surface area contributed by atoms with E-state index in [1.807, 2.05) is 0 Å². The van der Waals surface area contributed by atoms with Gasteiger partial charge in [0.05, 0.1) is 0 Å². The van der Waals surface area contributed by atoms with E-state index in [-0.39, 0.29) is 11.8 Å². The number of hydrogen-bond donors (Lipinski definition) is 1. The summed E-state index contributed by atoms with van der Waals surface area (Å²) in [6, 6.07) is 0.829. The summed E-state index contributed by atoms with van der Waals surface area (Å²) in [4.78, 5) is 14.1. The first kappa shape index (κ1) is 10.9. The molecule has 1 aliphatic heterocycles. The fraction of sp³-hybridized carbons (Fsp3) is 0.917. The Kier molecular flexibility index (Phi) is 3.62. The SMILES string of the molecule is CNC(=O)C1CCN(C2CCCC2)CC1. The van der Waals surface area contributed by atoms with Gasteiger partial charge in [0.15, 0.2) is 0 Å². The van der Waals surface area contributed by atoms with Crippen LogP contribution in [0.15, 0.2) is 0 Å². The lowest BCUT2D eigenvalue weighted by Crippen LogP contribution is -2.43. The average molecular weight is 210 g/mol. The first-order valence-electron chi connectivity index (χ1n) is 6.27. The molecular formula is C12H22N2O. The van der Waals surface area contributed by atoms with Gasteiger partial charge in [-0.05, 0) is 38.8 Å². The van der Waals surface area contributed by atoms with Gasteiger partial charge in [-0.3, -0.25) is 4.79 Å². The van der Waals surface area contributed by atoms with Crippen LogP contribution in [0.3, 0.4) is 0 Å². The highest BCUT2D eigenvalue weighted by atomic mass is 16.1. The van der Waals surface area contributed by atoms with Gasteiger partial charge in [-0.1, -0.05) is 12.8 Å². The van der Waals surface area contributed by atoms with Gasteiger partial charge in [-0.2, -0.15) is 0 Å². The molecule has 3 heteroatoms. The van der Waals surface area contributed by atoms with E-state index in [1.165, 1.54) is 25.7 Å². The maximum atomic E-state index is 11.5. The molecule has 2 aliphatic rings. The minimum Gasteiger partial charge on any atom is -0.359 e. The number of piperidine rings is 1. The average Bonchev–Trinajstić information content (AvgIpc) is 2.82. The number of amides is 1. The summed E-state index contributed by atoms with van der Waals surface area (Å²) >= 11 is 0. The minimum absolute atomic E-state index is 0.237. The van der Waals surface area contributed by atoms with E-state index in [9.17, 15) is 4.79 Å². The van der Waals surface area contributed by atoms with Crippen molar-refractivity contribution in [3.05, 3.63) is 0 Å². The molecule has 3 nitrogen and oxygen atoms in total. The Hall–Kier alpha value is -0.570. The predicted molar refractivity (Wildman–Crippen MR) is 60.6 cm³/mol. The third kappa shape index (κ3) is 2.51. The third-order valence-electron chi connectivity index (χ3n) is 3.99. The van der Waals surface area contributed by atoms with Crippen LogP contribution >= 0.6 is 0 Å². The van der Waals surface area contributed by atoms with Gasteiger partial charge in [0, 0.05) is 19.0 Å². The molecule has 0 unspecified atom stereocenters. The normalized spacial score (nSPS) is 25.7. The Morgan fingerprint density at radius 3 is 2.27 bits per heavy atom. The molecular weight excluding hydrogens is 188 g/mol. The third-order valence-corrected chi connectivity index (χ3v) is 3.99. The van der Waals surface area contributed by atoms with E-state index in [1.54, 1.807) is 7.05 Å². The maximum absolute atomic E-state index is 11.5. The Labute approximate surface area is 92.2 Å². The van der Waals surface area contributed by atoms with Crippen LogP contribution in [0.2, 0.25) is 0 Å². The number of rotatable bonds is 2. The van der Waals surface area contributed by atoms with Crippen molar-refractivity contribution < 1.29 is 4.79 Å². The van der Waals surface area contributed by atoms with Crippen molar-refractivity contribution in [2.45, 2.75) is 44.6 Å². The zero-order valence-electron chi connectivity index (χ0n) is 9.67. The highest BCUT2D eigenvalue weighted by Crippen LogP contribution is 2.27. The second-order valence-corrected chi connectivity index (χ2v) is 4.86. The zero-order chi connectivity index (χ0) is 10.7. The molecule has 1 amide bonds. The van der Waals surface area contributed by atoms with E-state index in [0.29, 0.717) is 0 Å². The van der Waals surface area contributed by atoms with Crippen molar-refractivity contribution in [2.24, 2.45) is 5.92 Å². The van der Waals surface area contributed by atoms with Gasteiger partial charge in [-0.25, -0.2) is 0 Å². The largest absolute Gasteiger partial charge is 0.359 e. The van der Waals surface area contributed by atoms with Gasteiger partial charge in [0.25, 0.3) is 0 Å². The smallest absolute Gasteiger partial charge is 0.222 e. The Morgan fingerprint density at radius 2 is 1.73 bits per heavy atom. The van der Waals surface area contributed by atoms with E-state index in [2.05, 4.69) is 10.2 Å². The van der Waals surface area contributed by atoms with Gasteiger partial charge >= 0.3 is 0 Å². The zero-order valence-corrected chi connectivity index (χ0v) is 9.67. The van der Waals surface area contributed by atoms with Crippen LogP contribution in [0.4, 0.5) is 0 Å². The molecule has 0 aromatic carbocycles. The lowest BCUT2D eigenvalue weighted by atomic mass is 9.94. The van der Waals surface area contributed by atoms with E-state index < -0.39 is 0 Å². The summed E-state index contributed by atoms with van der Waals surface area (Å²) < 4.78 is 0. The topological polar surface area (TPSA) is 32.3 Å². The monoisotopic (exact) mass is 210 g/mol.